The van der Waals surface area contributed by atoms with E-state index in [9.17, 15) is 13.2 Å². The van der Waals surface area contributed by atoms with Crippen LogP contribution < -0.4 is 5.32 Å². The fourth-order valence-corrected chi connectivity index (χ4v) is 5.68. The fourth-order valence-electron chi connectivity index (χ4n) is 4.46. The van der Waals surface area contributed by atoms with Gasteiger partial charge in [0.1, 0.15) is 10.9 Å². The van der Waals surface area contributed by atoms with E-state index in [0.717, 1.165) is 31.6 Å². The second-order valence-corrected chi connectivity index (χ2v) is 9.76. The topological polar surface area (TPSA) is 82.1 Å². The van der Waals surface area contributed by atoms with Crippen LogP contribution in [0, 0.1) is 0 Å². The summed E-state index contributed by atoms with van der Waals surface area (Å²) in [5.74, 6) is 0.296. The molecular weight excluding hydrogens is 424 g/mol. The number of carbonyl (C=O) groups is 1. The van der Waals surface area contributed by atoms with Gasteiger partial charge in [0, 0.05) is 25.2 Å². The van der Waals surface area contributed by atoms with Gasteiger partial charge in [-0.05, 0) is 49.2 Å². The Morgan fingerprint density at radius 3 is 2.53 bits per heavy atom. The molecule has 1 N–H and O–H groups in total. The molecule has 0 saturated carbocycles. The lowest BCUT2D eigenvalue weighted by atomic mass is 10.1. The van der Waals surface area contributed by atoms with Gasteiger partial charge in [0.25, 0.3) is 10.0 Å². The van der Waals surface area contributed by atoms with Crippen LogP contribution >= 0.6 is 0 Å². The van der Waals surface area contributed by atoms with Crippen LogP contribution in [-0.2, 0) is 27.9 Å². The van der Waals surface area contributed by atoms with Gasteiger partial charge in [0.15, 0.2) is 5.84 Å². The van der Waals surface area contributed by atoms with Crippen molar-refractivity contribution in [2.75, 3.05) is 19.6 Å². The first-order valence-electron chi connectivity index (χ1n) is 11.2. The van der Waals surface area contributed by atoms with E-state index in [1.165, 1.54) is 5.56 Å². The zero-order valence-electron chi connectivity index (χ0n) is 18.6. The molecule has 0 aliphatic carbocycles. The molecular formula is C24H30N4O3S. The number of fused-ring (bicyclic) bond motifs is 1. The molecule has 32 heavy (non-hydrogen) atoms. The molecule has 0 unspecified atom stereocenters. The molecule has 7 nitrogen and oxygen atoms in total. The second-order valence-electron chi connectivity index (χ2n) is 8.19. The summed E-state index contributed by atoms with van der Waals surface area (Å²) in [6.45, 7) is 8.14. The Bertz CT molecular complexity index is 1130. The van der Waals surface area contributed by atoms with Crippen molar-refractivity contribution in [3.63, 3.8) is 0 Å². The predicted octanol–water partition coefficient (Wildman–Crippen LogP) is 2.76. The van der Waals surface area contributed by atoms with E-state index in [1.54, 1.807) is 24.3 Å². The molecule has 4 rings (SSSR count). The molecule has 2 aromatic carbocycles. The molecule has 0 aromatic heterocycles. The summed E-state index contributed by atoms with van der Waals surface area (Å²) in [5.41, 5.74) is 2.89. The number of rotatable bonds is 7. The largest absolute Gasteiger partial charge is 0.350 e. The molecule has 170 valence electrons. The monoisotopic (exact) mass is 454 g/mol. The summed E-state index contributed by atoms with van der Waals surface area (Å²) < 4.78 is 28.9. The fraction of sp³-hybridized carbons (Fsp3) is 0.417. The number of carbonyl (C=O) groups excluding carboxylic acids is 1. The normalized spacial score (nSPS) is 19.2. The van der Waals surface area contributed by atoms with Gasteiger partial charge in [-0.3, -0.25) is 9.69 Å². The van der Waals surface area contributed by atoms with Crippen LogP contribution in [0.1, 0.15) is 43.4 Å². The number of benzene rings is 2. The van der Waals surface area contributed by atoms with Gasteiger partial charge < -0.3 is 10.2 Å². The lowest BCUT2D eigenvalue weighted by Crippen LogP contribution is -2.45. The summed E-state index contributed by atoms with van der Waals surface area (Å²) >= 11 is 0. The molecule has 2 heterocycles. The van der Waals surface area contributed by atoms with Crippen LogP contribution in [0.3, 0.4) is 0 Å². The van der Waals surface area contributed by atoms with Crippen molar-refractivity contribution < 1.29 is 13.2 Å². The van der Waals surface area contributed by atoms with Crippen LogP contribution in [0.2, 0.25) is 0 Å². The molecule has 0 spiro atoms. The summed E-state index contributed by atoms with van der Waals surface area (Å²) in [5, 5.41) is 3.09. The Morgan fingerprint density at radius 2 is 1.78 bits per heavy atom. The van der Waals surface area contributed by atoms with E-state index in [4.69, 9.17) is 0 Å². The molecule has 1 fully saturated rings. The number of nitrogens with zero attached hydrogens (tertiary/aromatic N) is 3. The number of hydrogen-bond acceptors (Lipinski definition) is 5. The number of sulfonamides is 1. The lowest BCUT2D eigenvalue weighted by molar-refractivity contribution is -0.124. The van der Waals surface area contributed by atoms with Crippen molar-refractivity contribution >= 4 is 21.8 Å². The number of amidine groups is 1. The second kappa shape index (κ2) is 9.42. The van der Waals surface area contributed by atoms with E-state index in [-0.39, 0.29) is 10.8 Å². The van der Waals surface area contributed by atoms with Gasteiger partial charge in [-0.2, -0.15) is 8.42 Å². The molecule has 2 aliphatic rings. The first-order valence-corrected chi connectivity index (χ1v) is 12.7. The van der Waals surface area contributed by atoms with Crippen LogP contribution in [0.4, 0.5) is 0 Å². The highest BCUT2D eigenvalue weighted by Crippen LogP contribution is 2.31. The Hall–Kier alpha value is -2.71. The van der Waals surface area contributed by atoms with Crippen molar-refractivity contribution in [1.29, 1.82) is 0 Å². The molecule has 0 radical (unpaired) electrons. The minimum Gasteiger partial charge on any atom is -0.350 e. The Morgan fingerprint density at radius 1 is 1.09 bits per heavy atom. The van der Waals surface area contributed by atoms with Crippen LogP contribution in [0.25, 0.3) is 0 Å². The van der Waals surface area contributed by atoms with Gasteiger partial charge in [0.2, 0.25) is 5.91 Å². The van der Waals surface area contributed by atoms with E-state index < -0.39 is 16.1 Å². The third-order valence-electron chi connectivity index (χ3n) is 6.30. The Kier molecular flexibility index (Phi) is 6.62. The van der Waals surface area contributed by atoms with Gasteiger partial charge in [-0.25, -0.2) is 0 Å². The SMILES string of the molecule is CCN(CC)Cc1ccccc1CNC(=O)[C@@H]1CCCN1C1=NS(=O)(=O)c2ccccc21. The number of hydrogen-bond donors (Lipinski definition) is 1. The molecule has 2 aliphatic heterocycles. The molecule has 8 heteroatoms. The Labute approximate surface area is 190 Å². The smallest absolute Gasteiger partial charge is 0.285 e. The maximum Gasteiger partial charge on any atom is 0.285 e. The summed E-state index contributed by atoms with van der Waals surface area (Å²) in [6, 6.07) is 14.6. The first kappa shape index (κ1) is 22.5. The maximum absolute atomic E-state index is 13.1. The van der Waals surface area contributed by atoms with Gasteiger partial charge >= 0.3 is 0 Å². The molecule has 2 aromatic rings. The van der Waals surface area contributed by atoms with Crippen LogP contribution in [-0.4, -0.2) is 55.6 Å². The van der Waals surface area contributed by atoms with Crippen LogP contribution in [0.15, 0.2) is 57.8 Å². The molecule has 1 amide bonds. The number of amides is 1. The van der Waals surface area contributed by atoms with Gasteiger partial charge in [-0.1, -0.05) is 50.2 Å². The third kappa shape index (κ3) is 4.42. The highest BCUT2D eigenvalue weighted by atomic mass is 32.2. The van der Waals surface area contributed by atoms with E-state index in [0.29, 0.717) is 30.9 Å². The first-order chi connectivity index (χ1) is 15.4. The van der Waals surface area contributed by atoms with Crippen molar-refractivity contribution in [1.82, 2.24) is 15.1 Å². The standard InChI is InChI=1S/C24H30N4O3S/c1-3-27(4-2)17-19-11-6-5-10-18(19)16-25-24(29)21-13-9-15-28(21)23-20-12-7-8-14-22(20)32(30,31)26-23/h5-8,10-12,14,21H,3-4,9,13,15-17H2,1-2H3,(H,25,29)/t21-/m0/s1. The zero-order chi connectivity index (χ0) is 22.7. The summed E-state index contributed by atoms with van der Waals surface area (Å²) in [7, 11) is -3.71. The average Bonchev–Trinajstić information content (AvgIpc) is 3.39. The number of nitrogens with one attached hydrogen (secondary N) is 1. The molecule has 0 bridgehead atoms. The molecule has 1 atom stereocenters. The minimum atomic E-state index is -3.71. The van der Waals surface area contributed by atoms with E-state index >= 15 is 0 Å². The summed E-state index contributed by atoms with van der Waals surface area (Å²) in [6.07, 6.45) is 1.49. The zero-order valence-corrected chi connectivity index (χ0v) is 19.4. The van der Waals surface area contributed by atoms with Crippen molar-refractivity contribution in [2.24, 2.45) is 4.40 Å². The average molecular weight is 455 g/mol. The minimum absolute atomic E-state index is 0.0929. The van der Waals surface area contributed by atoms with Crippen LogP contribution in [0.5, 0.6) is 0 Å². The van der Waals surface area contributed by atoms with Crippen molar-refractivity contribution in [3.8, 4) is 0 Å². The third-order valence-corrected chi connectivity index (χ3v) is 7.62. The van der Waals surface area contributed by atoms with Gasteiger partial charge in [-0.15, -0.1) is 4.40 Å². The Balaban J connectivity index is 1.48. The quantitative estimate of drug-likeness (QED) is 0.696. The van der Waals surface area contributed by atoms with Crippen molar-refractivity contribution in [3.05, 3.63) is 65.2 Å². The maximum atomic E-state index is 13.1. The van der Waals surface area contributed by atoms with E-state index in [1.807, 2.05) is 17.0 Å². The van der Waals surface area contributed by atoms with Gasteiger partial charge in [0.05, 0.1) is 0 Å². The van der Waals surface area contributed by atoms with E-state index in [2.05, 4.69) is 40.6 Å². The number of likely N-dealkylation sites (tertiary alicyclic amines) is 1. The summed E-state index contributed by atoms with van der Waals surface area (Å²) in [4.78, 5) is 17.5. The van der Waals surface area contributed by atoms with Crippen molar-refractivity contribution in [2.45, 2.75) is 50.7 Å². The highest BCUT2D eigenvalue weighted by Gasteiger charge is 2.39. The highest BCUT2D eigenvalue weighted by molar-refractivity contribution is 7.90. The lowest BCUT2D eigenvalue weighted by Gasteiger charge is -2.26. The molecule has 1 saturated heterocycles. The predicted molar refractivity (Wildman–Crippen MR) is 125 cm³/mol.